The molecule has 0 bridgehead atoms. The standard InChI is InChI=1S/C14H12ClIN4/c1-7-4-14(8(2)3-10(7)16)20-18-12-5-9(15)11(17)6-13(12)19-20/h3-6H,17H2,1-2H3. The first-order chi connectivity index (χ1) is 9.45. The van der Waals surface area contributed by atoms with Gasteiger partial charge in [-0.1, -0.05) is 11.6 Å². The summed E-state index contributed by atoms with van der Waals surface area (Å²) < 4.78 is 1.23. The van der Waals surface area contributed by atoms with Crippen molar-refractivity contribution in [3.63, 3.8) is 0 Å². The average Bonchev–Trinajstić information content (AvgIpc) is 2.77. The molecule has 3 rings (SSSR count). The molecule has 0 atom stereocenters. The van der Waals surface area contributed by atoms with Crippen LogP contribution in [0.1, 0.15) is 11.1 Å². The van der Waals surface area contributed by atoms with Gasteiger partial charge >= 0.3 is 0 Å². The van der Waals surface area contributed by atoms with E-state index in [1.54, 1.807) is 16.9 Å². The number of hydrogen-bond acceptors (Lipinski definition) is 3. The van der Waals surface area contributed by atoms with E-state index < -0.39 is 0 Å². The van der Waals surface area contributed by atoms with Gasteiger partial charge in [0.2, 0.25) is 0 Å². The number of nitrogen functional groups attached to an aromatic ring is 1. The van der Waals surface area contributed by atoms with Crippen LogP contribution in [0.4, 0.5) is 5.69 Å². The Morgan fingerprint density at radius 1 is 1.05 bits per heavy atom. The number of benzene rings is 2. The Morgan fingerprint density at radius 3 is 2.40 bits per heavy atom. The van der Waals surface area contributed by atoms with Crippen molar-refractivity contribution in [3.05, 3.63) is 44.0 Å². The highest BCUT2D eigenvalue weighted by molar-refractivity contribution is 14.1. The van der Waals surface area contributed by atoms with Crippen LogP contribution in [0, 0.1) is 17.4 Å². The zero-order valence-electron chi connectivity index (χ0n) is 11.0. The first kappa shape index (κ1) is 13.6. The van der Waals surface area contributed by atoms with E-state index in [1.807, 2.05) is 6.92 Å². The highest BCUT2D eigenvalue weighted by Crippen LogP contribution is 2.25. The van der Waals surface area contributed by atoms with Crippen LogP contribution in [-0.4, -0.2) is 15.0 Å². The smallest absolute Gasteiger partial charge is 0.115 e. The molecule has 0 amide bonds. The second kappa shape index (κ2) is 4.89. The van der Waals surface area contributed by atoms with Gasteiger partial charge in [-0.2, -0.15) is 4.80 Å². The topological polar surface area (TPSA) is 56.7 Å². The first-order valence-corrected chi connectivity index (χ1v) is 7.50. The number of halogens is 2. The molecule has 0 aliphatic rings. The summed E-state index contributed by atoms with van der Waals surface area (Å²) in [6.45, 7) is 4.12. The summed E-state index contributed by atoms with van der Waals surface area (Å²) in [7, 11) is 0. The van der Waals surface area contributed by atoms with Gasteiger partial charge in [-0.25, -0.2) is 0 Å². The van der Waals surface area contributed by atoms with E-state index in [4.69, 9.17) is 17.3 Å². The predicted molar refractivity (Wildman–Crippen MR) is 90.5 cm³/mol. The van der Waals surface area contributed by atoms with Crippen molar-refractivity contribution in [3.8, 4) is 5.69 Å². The second-order valence-electron chi connectivity index (χ2n) is 4.74. The largest absolute Gasteiger partial charge is 0.397 e. The lowest BCUT2D eigenvalue weighted by atomic mass is 10.1. The van der Waals surface area contributed by atoms with E-state index in [9.17, 15) is 0 Å². The van der Waals surface area contributed by atoms with Gasteiger partial charge in [0.15, 0.2) is 0 Å². The van der Waals surface area contributed by atoms with Gasteiger partial charge in [0.25, 0.3) is 0 Å². The summed E-state index contributed by atoms with van der Waals surface area (Å²) in [5.74, 6) is 0. The number of fused-ring (bicyclic) bond motifs is 1. The molecule has 2 aromatic carbocycles. The lowest BCUT2D eigenvalue weighted by molar-refractivity contribution is 0.759. The van der Waals surface area contributed by atoms with Crippen molar-refractivity contribution in [2.45, 2.75) is 13.8 Å². The number of anilines is 1. The molecule has 2 N–H and O–H groups in total. The SMILES string of the molecule is Cc1cc(-n2nc3cc(N)c(Cl)cc3n2)c(C)cc1I. The molecule has 0 saturated heterocycles. The van der Waals surface area contributed by atoms with Crippen LogP contribution >= 0.6 is 34.2 Å². The average molecular weight is 399 g/mol. The molecule has 0 unspecified atom stereocenters. The van der Waals surface area contributed by atoms with Gasteiger partial charge in [0, 0.05) is 3.57 Å². The molecular weight excluding hydrogens is 387 g/mol. The van der Waals surface area contributed by atoms with E-state index in [1.165, 1.54) is 9.13 Å². The lowest BCUT2D eigenvalue weighted by Crippen LogP contribution is -2.02. The number of nitrogens with zero attached hydrogens (tertiary/aromatic N) is 3. The van der Waals surface area contributed by atoms with Gasteiger partial charge in [0.1, 0.15) is 11.0 Å². The van der Waals surface area contributed by atoms with E-state index >= 15 is 0 Å². The molecular formula is C14H12ClIN4. The van der Waals surface area contributed by atoms with E-state index in [0.29, 0.717) is 10.7 Å². The van der Waals surface area contributed by atoms with Gasteiger partial charge in [-0.05, 0) is 71.8 Å². The van der Waals surface area contributed by atoms with Crippen molar-refractivity contribution >= 4 is 50.9 Å². The van der Waals surface area contributed by atoms with Gasteiger partial charge in [0.05, 0.1) is 16.4 Å². The van der Waals surface area contributed by atoms with Crippen LogP contribution in [0.15, 0.2) is 24.3 Å². The van der Waals surface area contributed by atoms with Crippen molar-refractivity contribution in [1.82, 2.24) is 15.0 Å². The number of nitrogens with two attached hydrogens (primary N) is 1. The highest BCUT2D eigenvalue weighted by Gasteiger charge is 2.10. The highest BCUT2D eigenvalue weighted by atomic mass is 127. The van der Waals surface area contributed by atoms with Gasteiger partial charge in [-0.3, -0.25) is 0 Å². The number of hydrogen-bond donors (Lipinski definition) is 1. The summed E-state index contributed by atoms with van der Waals surface area (Å²) in [5.41, 5.74) is 11.1. The third kappa shape index (κ3) is 2.25. The zero-order valence-corrected chi connectivity index (χ0v) is 13.9. The van der Waals surface area contributed by atoms with Gasteiger partial charge in [-0.15, -0.1) is 10.2 Å². The third-order valence-electron chi connectivity index (χ3n) is 3.19. The molecule has 0 spiro atoms. The van der Waals surface area contributed by atoms with Crippen LogP contribution in [-0.2, 0) is 0 Å². The lowest BCUT2D eigenvalue weighted by Gasteiger charge is -2.07. The minimum atomic E-state index is 0.500. The van der Waals surface area contributed by atoms with Crippen molar-refractivity contribution < 1.29 is 0 Å². The van der Waals surface area contributed by atoms with Crippen molar-refractivity contribution in [1.29, 1.82) is 0 Å². The predicted octanol–water partition coefficient (Wildman–Crippen LogP) is 3.88. The molecule has 1 heterocycles. The van der Waals surface area contributed by atoms with Crippen LogP contribution in [0.25, 0.3) is 16.7 Å². The molecule has 3 aromatic rings. The van der Waals surface area contributed by atoms with E-state index in [2.05, 4.69) is 51.8 Å². The molecule has 0 saturated carbocycles. The second-order valence-corrected chi connectivity index (χ2v) is 6.31. The molecule has 0 aliphatic carbocycles. The number of aromatic nitrogens is 3. The third-order valence-corrected chi connectivity index (χ3v) is 4.68. The maximum Gasteiger partial charge on any atom is 0.115 e. The summed E-state index contributed by atoms with van der Waals surface area (Å²) >= 11 is 8.34. The number of aryl methyl sites for hydroxylation is 2. The van der Waals surface area contributed by atoms with Crippen LogP contribution in [0.2, 0.25) is 5.02 Å². The zero-order chi connectivity index (χ0) is 14.4. The maximum atomic E-state index is 6.02. The molecule has 0 aliphatic heterocycles. The molecule has 102 valence electrons. The Hall–Kier alpha value is -1.34. The Kier molecular flexibility index (Phi) is 3.33. The van der Waals surface area contributed by atoms with Crippen LogP contribution in [0.3, 0.4) is 0 Å². The summed E-state index contributed by atoms with van der Waals surface area (Å²) in [6.07, 6.45) is 0. The monoisotopic (exact) mass is 398 g/mol. The fraction of sp³-hybridized carbons (Fsp3) is 0.143. The van der Waals surface area contributed by atoms with E-state index in [-0.39, 0.29) is 0 Å². The first-order valence-electron chi connectivity index (χ1n) is 6.05. The Balaban J connectivity index is 2.22. The number of rotatable bonds is 1. The molecule has 6 heteroatoms. The summed E-state index contributed by atoms with van der Waals surface area (Å²) in [5, 5.41) is 9.46. The minimum Gasteiger partial charge on any atom is -0.397 e. The van der Waals surface area contributed by atoms with Gasteiger partial charge < -0.3 is 5.73 Å². The molecule has 20 heavy (non-hydrogen) atoms. The Morgan fingerprint density at radius 2 is 1.70 bits per heavy atom. The fourth-order valence-corrected chi connectivity index (χ4v) is 2.82. The fourth-order valence-electron chi connectivity index (χ4n) is 2.04. The normalized spacial score (nSPS) is 11.2. The quantitative estimate of drug-likeness (QED) is 0.500. The van der Waals surface area contributed by atoms with Crippen molar-refractivity contribution in [2.24, 2.45) is 0 Å². The molecule has 0 radical (unpaired) electrons. The molecule has 1 aromatic heterocycles. The Bertz CT molecular complexity index is 787. The minimum absolute atomic E-state index is 0.500. The summed E-state index contributed by atoms with van der Waals surface area (Å²) in [4.78, 5) is 1.64. The maximum absolute atomic E-state index is 6.02. The van der Waals surface area contributed by atoms with E-state index in [0.717, 1.165) is 22.3 Å². The molecule has 4 nitrogen and oxygen atoms in total. The van der Waals surface area contributed by atoms with Crippen molar-refractivity contribution in [2.75, 3.05) is 5.73 Å². The molecule has 0 fully saturated rings. The van der Waals surface area contributed by atoms with Crippen LogP contribution < -0.4 is 5.73 Å². The summed E-state index contributed by atoms with van der Waals surface area (Å²) in [6, 6.07) is 7.70. The van der Waals surface area contributed by atoms with Crippen LogP contribution in [0.5, 0.6) is 0 Å². The Labute approximate surface area is 135 Å².